The standard InChI is InChI=1S/C23H29N3O/c1-6-26(7-2)21-12-10-20(11-13-21)9-8-14-24-25-23(27)22-18(4)15-17(3)16-19(22)5/h8-16H,6-7H2,1-5H3,(H,25,27)/b9-8+,24-14+. The van der Waals surface area contributed by atoms with E-state index in [2.05, 4.69) is 53.5 Å². The molecule has 0 radical (unpaired) electrons. The van der Waals surface area contributed by atoms with Gasteiger partial charge in [0.05, 0.1) is 0 Å². The van der Waals surface area contributed by atoms with Crippen LogP contribution in [0.2, 0.25) is 0 Å². The van der Waals surface area contributed by atoms with E-state index in [0.717, 1.165) is 35.3 Å². The minimum atomic E-state index is -0.182. The minimum Gasteiger partial charge on any atom is -0.372 e. The Morgan fingerprint density at radius 3 is 2.19 bits per heavy atom. The quantitative estimate of drug-likeness (QED) is 0.562. The average Bonchev–Trinajstić information content (AvgIpc) is 2.62. The summed E-state index contributed by atoms with van der Waals surface area (Å²) >= 11 is 0. The van der Waals surface area contributed by atoms with Crippen LogP contribution in [0.4, 0.5) is 5.69 Å². The van der Waals surface area contributed by atoms with E-state index >= 15 is 0 Å². The van der Waals surface area contributed by atoms with E-state index in [1.54, 1.807) is 6.21 Å². The highest BCUT2D eigenvalue weighted by molar-refractivity contribution is 5.97. The van der Waals surface area contributed by atoms with Crippen molar-refractivity contribution in [2.45, 2.75) is 34.6 Å². The summed E-state index contributed by atoms with van der Waals surface area (Å²) in [5, 5.41) is 4.02. The number of benzene rings is 2. The van der Waals surface area contributed by atoms with Gasteiger partial charge in [-0.05, 0) is 69.5 Å². The molecule has 142 valence electrons. The van der Waals surface area contributed by atoms with Gasteiger partial charge in [0, 0.05) is 30.6 Å². The number of amides is 1. The predicted molar refractivity (Wildman–Crippen MR) is 116 cm³/mol. The van der Waals surface area contributed by atoms with Crippen molar-refractivity contribution in [1.29, 1.82) is 0 Å². The summed E-state index contributed by atoms with van der Waals surface area (Å²) in [6.07, 6.45) is 5.38. The average molecular weight is 364 g/mol. The summed E-state index contributed by atoms with van der Waals surface area (Å²) in [4.78, 5) is 14.6. The largest absolute Gasteiger partial charge is 0.372 e. The van der Waals surface area contributed by atoms with Crippen molar-refractivity contribution >= 4 is 23.9 Å². The lowest BCUT2D eigenvalue weighted by molar-refractivity contribution is 0.0954. The number of anilines is 1. The Bertz CT molecular complexity index is 808. The normalized spacial score (nSPS) is 11.3. The molecule has 2 aromatic rings. The molecule has 0 aromatic heterocycles. The zero-order valence-electron chi connectivity index (χ0n) is 16.9. The van der Waals surface area contributed by atoms with Gasteiger partial charge < -0.3 is 4.90 Å². The highest BCUT2D eigenvalue weighted by Gasteiger charge is 2.11. The van der Waals surface area contributed by atoms with Crippen LogP contribution in [0.1, 0.15) is 46.5 Å². The maximum atomic E-state index is 12.3. The van der Waals surface area contributed by atoms with Crippen LogP contribution in [0.3, 0.4) is 0 Å². The first-order valence-corrected chi connectivity index (χ1v) is 9.39. The first kappa shape index (κ1) is 20.4. The fourth-order valence-corrected chi connectivity index (χ4v) is 3.27. The molecule has 0 heterocycles. The lowest BCUT2D eigenvalue weighted by Crippen LogP contribution is -2.21. The first-order chi connectivity index (χ1) is 13.0. The van der Waals surface area contributed by atoms with E-state index in [9.17, 15) is 4.79 Å². The summed E-state index contributed by atoms with van der Waals surface area (Å²) in [5.41, 5.74) is 8.68. The van der Waals surface area contributed by atoms with Crippen LogP contribution in [0.25, 0.3) is 6.08 Å². The second-order valence-corrected chi connectivity index (χ2v) is 6.62. The van der Waals surface area contributed by atoms with Gasteiger partial charge in [0.1, 0.15) is 0 Å². The molecule has 4 nitrogen and oxygen atoms in total. The van der Waals surface area contributed by atoms with Crippen LogP contribution < -0.4 is 10.3 Å². The molecule has 0 bridgehead atoms. The van der Waals surface area contributed by atoms with Gasteiger partial charge >= 0.3 is 0 Å². The smallest absolute Gasteiger partial charge is 0.271 e. The summed E-state index contributed by atoms with van der Waals surface area (Å²) in [7, 11) is 0. The second-order valence-electron chi connectivity index (χ2n) is 6.62. The van der Waals surface area contributed by atoms with E-state index < -0.39 is 0 Å². The van der Waals surface area contributed by atoms with E-state index in [1.165, 1.54) is 5.69 Å². The van der Waals surface area contributed by atoms with Gasteiger partial charge in [0.25, 0.3) is 5.91 Å². The monoisotopic (exact) mass is 363 g/mol. The van der Waals surface area contributed by atoms with E-state index in [1.807, 2.05) is 45.1 Å². The third-order valence-corrected chi connectivity index (χ3v) is 4.54. The third kappa shape index (κ3) is 5.55. The first-order valence-electron chi connectivity index (χ1n) is 9.39. The van der Waals surface area contributed by atoms with E-state index in [4.69, 9.17) is 0 Å². The molecular formula is C23H29N3O. The molecule has 1 N–H and O–H groups in total. The maximum Gasteiger partial charge on any atom is 0.271 e. The number of hydrogen-bond donors (Lipinski definition) is 1. The zero-order valence-corrected chi connectivity index (χ0v) is 16.9. The number of aryl methyl sites for hydroxylation is 3. The third-order valence-electron chi connectivity index (χ3n) is 4.54. The van der Waals surface area contributed by atoms with Gasteiger partial charge in [-0.15, -0.1) is 0 Å². The lowest BCUT2D eigenvalue weighted by atomic mass is 9.99. The van der Waals surface area contributed by atoms with E-state index in [-0.39, 0.29) is 5.91 Å². The van der Waals surface area contributed by atoms with Crippen LogP contribution in [-0.4, -0.2) is 25.2 Å². The summed E-state index contributed by atoms with van der Waals surface area (Å²) in [6, 6.07) is 12.4. The highest BCUT2D eigenvalue weighted by atomic mass is 16.2. The minimum absolute atomic E-state index is 0.182. The van der Waals surface area contributed by atoms with Crippen LogP contribution >= 0.6 is 0 Å². The van der Waals surface area contributed by atoms with Crippen LogP contribution in [-0.2, 0) is 0 Å². The molecule has 0 aliphatic rings. The fraction of sp³-hybridized carbons (Fsp3) is 0.304. The van der Waals surface area contributed by atoms with Gasteiger partial charge in [-0.25, -0.2) is 5.43 Å². The van der Waals surface area contributed by atoms with Crippen molar-refractivity contribution in [3.63, 3.8) is 0 Å². The Balaban J connectivity index is 1.95. The number of allylic oxidation sites excluding steroid dienone is 1. The Labute approximate surface area is 162 Å². The van der Waals surface area contributed by atoms with Gasteiger partial charge in [0.15, 0.2) is 0 Å². The van der Waals surface area contributed by atoms with E-state index in [0.29, 0.717) is 5.56 Å². The number of carbonyl (C=O) groups excluding carboxylic acids is 1. The molecule has 2 aromatic carbocycles. The SMILES string of the molecule is CCN(CC)c1ccc(/C=C/C=N/NC(=O)c2c(C)cc(C)cc2C)cc1. The molecule has 1 amide bonds. The van der Waals surface area contributed by atoms with Crippen LogP contribution in [0.5, 0.6) is 0 Å². The van der Waals surface area contributed by atoms with Crippen molar-refractivity contribution in [2.75, 3.05) is 18.0 Å². The van der Waals surface area contributed by atoms with Gasteiger partial charge in [-0.1, -0.05) is 35.9 Å². The predicted octanol–water partition coefficient (Wildman–Crippen LogP) is 4.89. The topological polar surface area (TPSA) is 44.7 Å². The zero-order chi connectivity index (χ0) is 19.8. The molecule has 0 atom stereocenters. The molecule has 0 fully saturated rings. The van der Waals surface area contributed by atoms with Gasteiger partial charge in [0.2, 0.25) is 0 Å². The molecular weight excluding hydrogens is 334 g/mol. The van der Waals surface area contributed by atoms with Crippen molar-refractivity contribution in [1.82, 2.24) is 5.43 Å². The number of nitrogens with zero attached hydrogens (tertiary/aromatic N) is 2. The number of hydrazone groups is 1. The number of rotatable bonds is 7. The maximum absolute atomic E-state index is 12.3. The fourth-order valence-electron chi connectivity index (χ4n) is 3.27. The number of carbonyl (C=O) groups is 1. The van der Waals surface area contributed by atoms with Crippen LogP contribution in [0, 0.1) is 20.8 Å². The van der Waals surface area contributed by atoms with Crippen LogP contribution in [0.15, 0.2) is 47.6 Å². The van der Waals surface area contributed by atoms with Crippen molar-refractivity contribution < 1.29 is 4.79 Å². The highest BCUT2D eigenvalue weighted by Crippen LogP contribution is 2.16. The van der Waals surface area contributed by atoms with Gasteiger partial charge in [-0.2, -0.15) is 5.10 Å². The van der Waals surface area contributed by atoms with Crippen molar-refractivity contribution in [3.8, 4) is 0 Å². The molecule has 0 aliphatic carbocycles. The summed E-state index contributed by atoms with van der Waals surface area (Å²) in [6.45, 7) is 12.2. The van der Waals surface area contributed by atoms with Crippen molar-refractivity contribution in [2.24, 2.45) is 5.10 Å². The lowest BCUT2D eigenvalue weighted by Gasteiger charge is -2.20. The Hall–Kier alpha value is -2.88. The summed E-state index contributed by atoms with van der Waals surface area (Å²) < 4.78 is 0. The molecule has 4 heteroatoms. The molecule has 0 saturated carbocycles. The Kier molecular flexibility index (Phi) is 7.35. The molecule has 0 spiro atoms. The van der Waals surface area contributed by atoms with Gasteiger partial charge in [-0.3, -0.25) is 4.79 Å². The molecule has 0 saturated heterocycles. The number of hydrogen-bond acceptors (Lipinski definition) is 3. The molecule has 0 aliphatic heterocycles. The molecule has 27 heavy (non-hydrogen) atoms. The Morgan fingerprint density at radius 2 is 1.63 bits per heavy atom. The summed E-state index contributed by atoms with van der Waals surface area (Å²) in [5.74, 6) is -0.182. The Morgan fingerprint density at radius 1 is 1.04 bits per heavy atom. The van der Waals surface area contributed by atoms with Crippen molar-refractivity contribution in [3.05, 3.63) is 70.3 Å². The second kappa shape index (κ2) is 9.72. The molecule has 0 unspecified atom stereocenters. The number of nitrogens with one attached hydrogen (secondary N) is 1. The molecule has 2 rings (SSSR count).